The third-order valence-electron chi connectivity index (χ3n) is 2.53. The minimum Gasteiger partial charge on any atom is -0.399 e. The lowest BCUT2D eigenvalue weighted by atomic mass is 10.1. The van der Waals surface area contributed by atoms with Crippen LogP contribution < -0.4 is 16.4 Å². The molecule has 1 aromatic carbocycles. The SMILES string of the molecule is Cc1ccc(N)cc1NC(C)C(=O)NC(C)(C)C. The van der Waals surface area contributed by atoms with E-state index in [1.807, 2.05) is 52.8 Å². The summed E-state index contributed by atoms with van der Waals surface area (Å²) in [5.41, 5.74) is 8.17. The second-order valence-electron chi connectivity index (χ2n) is 5.68. The van der Waals surface area contributed by atoms with Crippen LogP contribution >= 0.6 is 0 Å². The van der Waals surface area contributed by atoms with Gasteiger partial charge in [0.15, 0.2) is 0 Å². The second kappa shape index (κ2) is 5.29. The Morgan fingerprint density at radius 2 is 1.94 bits per heavy atom. The maximum atomic E-state index is 12.0. The van der Waals surface area contributed by atoms with Gasteiger partial charge in [-0.15, -0.1) is 0 Å². The molecular formula is C14H23N3O. The number of hydrogen-bond donors (Lipinski definition) is 3. The van der Waals surface area contributed by atoms with Gasteiger partial charge in [-0.2, -0.15) is 0 Å². The molecule has 4 N–H and O–H groups in total. The van der Waals surface area contributed by atoms with Crippen LogP contribution in [0.4, 0.5) is 11.4 Å². The highest BCUT2D eigenvalue weighted by molar-refractivity contribution is 5.85. The second-order valence-corrected chi connectivity index (χ2v) is 5.68. The first-order chi connectivity index (χ1) is 8.19. The topological polar surface area (TPSA) is 67.1 Å². The summed E-state index contributed by atoms with van der Waals surface area (Å²) in [5, 5.41) is 6.12. The van der Waals surface area contributed by atoms with Gasteiger partial charge in [0, 0.05) is 16.9 Å². The van der Waals surface area contributed by atoms with Crippen molar-refractivity contribution in [3.8, 4) is 0 Å². The number of hydrogen-bond acceptors (Lipinski definition) is 3. The lowest BCUT2D eigenvalue weighted by molar-refractivity contribution is -0.122. The van der Waals surface area contributed by atoms with Crippen LogP contribution in [0, 0.1) is 6.92 Å². The molecule has 1 aromatic rings. The van der Waals surface area contributed by atoms with Crippen molar-refractivity contribution in [2.75, 3.05) is 11.1 Å². The Bertz CT molecular complexity index is 435. The van der Waals surface area contributed by atoms with E-state index in [1.165, 1.54) is 0 Å². The number of amides is 1. The van der Waals surface area contributed by atoms with Crippen LogP contribution in [-0.2, 0) is 4.79 Å². The minimum atomic E-state index is -0.301. The number of carbonyl (C=O) groups excluding carboxylic acids is 1. The molecule has 100 valence electrons. The summed E-state index contributed by atoms with van der Waals surface area (Å²) in [4.78, 5) is 12.0. The van der Waals surface area contributed by atoms with Crippen molar-refractivity contribution in [2.45, 2.75) is 46.2 Å². The van der Waals surface area contributed by atoms with E-state index < -0.39 is 0 Å². The highest BCUT2D eigenvalue weighted by Crippen LogP contribution is 2.19. The summed E-state index contributed by atoms with van der Waals surface area (Å²) in [6.07, 6.45) is 0. The highest BCUT2D eigenvalue weighted by atomic mass is 16.2. The van der Waals surface area contributed by atoms with E-state index in [2.05, 4.69) is 10.6 Å². The van der Waals surface area contributed by atoms with Crippen LogP contribution in [0.25, 0.3) is 0 Å². The maximum absolute atomic E-state index is 12.0. The van der Waals surface area contributed by atoms with Crippen LogP contribution in [0.2, 0.25) is 0 Å². The van der Waals surface area contributed by atoms with Crippen molar-refractivity contribution >= 4 is 17.3 Å². The molecule has 1 atom stereocenters. The van der Waals surface area contributed by atoms with Gasteiger partial charge in [0.2, 0.25) is 5.91 Å². The van der Waals surface area contributed by atoms with E-state index in [-0.39, 0.29) is 17.5 Å². The van der Waals surface area contributed by atoms with Crippen LogP contribution in [0.15, 0.2) is 18.2 Å². The largest absolute Gasteiger partial charge is 0.399 e. The quantitative estimate of drug-likeness (QED) is 0.720. The Morgan fingerprint density at radius 3 is 2.50 bits per heavy atom. The zero-order chi connectivity index (χ0) is 13.9. The molecule has 0 heterocycles. The Morgan fingerprint density at radius 1 is 1.33 bits per heavy atom. The normalized spacial score (nSPS) is 12.9. The van der Waals surface area contributed by atoms with Gasteiger partial charge in [-0.25, -0.2) is 0 Å². The third kappa shape index (κ3) is 4.28. The molecular weight excluding hydrogens is 226 g/mol. The molecule has 0 bridgehead atoms. The number of benzene rings is 1. The summed E-state index contributed by atoms with van der Waals surface area (Å²) in [7, 11) is 0. The first kappa shape index (κ1) is 14.4. The summed E-state index contributed by atoms with van der Waals surface area (Å²) in [6, 6.07) is 5.33. The van der Waals surface area contributed by atoms with Gasteiger partial charge in [-0.1, -0.05) is 6.07 Å². The monoisotopic (exact) mass is 249 g/mol. The first-order valence-corrected chi connectivity index (χ1v) is 6.14. The molecule has 0 spiro atoms. The standard InChI is InChI=1S/C14H23N3O/c1-9-6-7-11(15)8-12(9)16-10(2)13(18)17-14(3,4)5/h6-8,10,16H,15H2,1-5H3,(H,17,18). The Hall–Kier alpha value is -1.71. The maximum Gasteiger partial charge on any atom is 0.242 e. The number of aryl methyl sites for hydroxylation is 1. The van der Waals surface area contributed by atoms with E-state index in [0.717, 1.165) is 11.3 Å². The predicted octanol–water partition coefficient (Wildman–Crippen LogP) is 2.29. The smallest absolute Gasteiger partial charge is 0.242 e. The third-order valence-corrected chi connectivity index (χ3v) is 2.53. The Labute approximate surface area is 109 Å². The molecule has 4 nitrogen and oxygen atoms in total. The summed E-state index contributed by atoms with van der Waals surface area (Å²) in [5.74, 6) is -0.0238. The Kier molecular flexibility index (Phi) is 4.22. The van der Waals surface area contributed by atoms with Crippen LogP contribution in [0.5, 0.6) is 0 Å². The summed E-state index contributed by atoms with van der Waals surface area (Å²) in [6.45, 7) is 9.70. The number of rotatable bonds is 3. The lowest BCUT2D eigenvalue weighted by Crippen LogP contribution is -2.47. The van der Waals surface area contributed by atoms with Gasteiger partial charge in [-0.05, 0) is 52.3 Å². The molecule has 0 saturated carbocycles. The molecule has 0 aromatic heterocycles. The molecule has 1 rings (SSSR count). The molecule has 0 aliphatic rings. The number of anilines is 2. The fourth-order valence-electron chi connectivity index (χ4n) is 1.57. The number of nitrogens with two attached hydrogens (primary N) is 1. The van der Waals surface area contributed by atoms with Crippen molar-refractivity contribution in [3.05, 3.63) is 23.8 Å². The van der Waals surface area contributed by atoms with Crippen molar-refractivity contribution in [1.82, 2.24) is 5.32 Å². The summed E-state index contributed by atoms with van der Waals surface area (Å²) >= 11 is 0. The van der Waals surface area contributed by atoms with E-state index in [4.69, 9.17) is 5.73 Å². The van der Waals surface area contributed by atoms with E-state index in [9.17, 15) is 4.79 Å². The van der Waals surface area contributed by atoms with E-state index in [0.29, 0.717) is 5.69 Å². The molecule has 18 heavy (non-hydrogen) atoms. The van der Waals surface area contributed by atoms with E-state index in [1.54, 1.807) is 0 Å². The zero-order valence-electron chi connectivity index (χ0n) is 11.8. The first-order valence-electron chi connectivity index (χ1n) is 6.14. The number of nitrogen functional groups attached to an aromatic ring is 1. The van der Waals surface area contributed by atoms with Crippen molar-refractivity contribution in [3.63, 3.8) is 0 Å². The molecule has 4 heteroatoms. The minimum absolute atomic E-state index is 0.0238. The molecule has 1 amide bonds. The van der Waals surface area contributed by atoms with Gasteiger partial charge in [0.05, 0.1) is 0 Å². The van der Waals surface area contributed by atoms with Gasteiger partial charge >= 0.3 is 0 Å². The van der Waals surface area contributed by atoms with Crippen LogP contribution in [0.3, 0.4) is 0 Å². The molecule has 0 aliphatic heterocycles. The van der Waals surface area contributed by atoms with Crippen molar-refractivity contribution in [2.24, 2.45) is 0 Å². The number of nitrogens with one attached hydrogen (secondary N) is 2. The highest BCUT2D eigenvalue weighted by Gasteiger charge is 2.19. The van der Waals surface area contributed by atoms with Gasteiger partial charge in [0.1, 0.15) is 6.04 Å². The van der Waals surface area contributed by atoms with Gasteiger partial charge < -0.3 is 16.4 Å². The van der Waals surface area contributed by atoms with Gasteiger partial charge in [-0.3, -0.25) is 4.79 Å². The van der Waals surface area contributed by atoms with E-state index >= 15 is 0 Å². The van der Waals surface area contributed by atoms with Crippen molar-refractivity contribution in [1.29, 1.82) is 0 Å². The molecule has 0 fully saturated rings. The fraction of sp³-hybridized carbons (Fsp3) is 0.500. The average molecular weight is 249 g/mol. The van der Waals surface area contributed by atoms with Crippen LogP contribution in [0.1, 0.15) is 33.3 Å². The lowest BCUT2D eigenvalue weighted by Gasteiger charge is -2.24. The molecule has 0 saturated heterocycles. The predicted molar refractivity (Wildman–Crippen MR) is 76.6 cm³/mol. The average Bonchev–Trinajstić information content (AvgIpc) is 2.21. The van der Waals surface area contributed by atoms with Crippen LogP contribution in [-0.4, -0.2) is 17.5 Å². The molecule has 0 radical (unpaired) electrons. The van der Waals surface area contributed by atoms with Gasteiger partial charge in [0.25, 0.3) is 0 Å². The fourth-order valence-corrected chi connectivity index (χ4v) is 1.57. The molecule has 1 unspecified atom stereocenters. The number of carbonyl (C=O) groups is 1. The van der Waals surface area contributed by atoms with Crippen molar-refractivity contribution < 1.29 is 4.79 Å². The molecule has 0 aliphatic carbocycles. The zero-order valence-corrected chi connectivity index (χ0v) is 11.8. The summed E-state index contributed by atoms with van der Waals surface area (Å²) < 4.78 is 0. The Balaban J connectivity index is 2.72.